The summed E-state index contributed by atoms with van der Waals surface area (Å²) in [6.07, 6.45) is -8.18. The fourth-order valence-electron chi connectivity index (χ4n) is 3.25. The van der Waals surface area contributed by atoms with E-state index in [1.165, 1.54) is 36.7 Å². The van der Waals surface area contributed by atoms with Crippen LogP contribution in [0.2, 0.25) is 0 Å². The van der Waals surface area contributed by atoms with E-state index in [1.807, 2.05) is 0 Å². The van der Waals surface area contributed by atoms with Crippen LogP contribution in [0.5, 0.6) is 5.75 Å². The average molecular weight is 554 g/mol. The van der Waals surface area contributed by atoms with Gasteiger partial charge in [0, 0.05) is 23.0 Å². The number of hydrogen-bond acceptors (Lipinski definition) is 6. The van der Waals surface area contributed by atoms with Crippen molar-refractivity contribution in [2.75, 3.05) is 10.0 Å². The molecule has 0 aliphatic rings. The second-order valence-corrected chi connectivity index (χ2v) is 9.38. The van der Waals surface area contributed by atoms with Crippen LogP contribution >= 0.6 is 0 Å². The Bertz CT molecular complexity index is 1520. The molecule has 0 unspecified atom stereocenters. The highest BCUT2D eigenvalue weighted by Crippen LogP contribution is 2.32. The Morgan fingerprint density at radius 1 is 0.763 bits per heavy atom. The van der Waals surface area contributed by atoms with E-state index >= 15 is 0 Å². The van der Waals surface area contributed by atoms with Gasteiger partial charge in [0.15, 0.2) is 0 Å². The van der Waals surface area contributed by atoms with Crippen LogP contribution in [0.15, 0.2) is 90.1 Å². The number of rotatable bonds is 7. The molecule has 1 aromatic heterocycles. The molecule has 14 heteroatoms. The lowest BCUT2D eigenvalue weighted by atomic mass is 10.1. The van der Waals surface area contributed by atoms with Crippen molar-refractivity contribution in [1.82, 2.24) is 9.97 Å². The molecule has 0 saturated carbocycles. The molecule has 38 heavy (non-hydrogen) atoms. The Morgan fingerprint density at radius 3 is 2.08 bits per heavy atom. The van der Waals surface area contributed by atoms with E-state index in [2.05, 4.69) is 24.7 Å². The van der Waals surface area contributed by atoms with E-state index in [0.717, 1.165) is 36.4 Å². The summed E-state index contributed by atoms with van der Waals surface area (Å²) in [5, 5.41) is 2.79. The molecule has 0 fully saturated rings. The molecule has 0 spiro atoms. The van der Waals surface area contributed by atoms with Gasteiger partial charge in [0.2, 0.25) is 0 Å². The summed E-state index contributed by atoms with van der Waals surface area (Å²) in [7, 11) is -4.11. The quantitative estimate of drug-likeness (QED) is 0.250. The number of aromatic nitrogens is 2. The summed E-state index contributed by atoms with van der Waals surface area (Å²) < 4.78 is 107. The van der Waals surface area contributed by atoms with Gasteiger partial charge in [0.05, 0.1) is 16.2 Å². The highest BCUT2D eigenvalue weighted by Gasteiger charge is 2.31. The molecule has 4 rings (SSSR count). The molecule has 0 aliphatic heterocycles. The molecule has 0 bridgehead atoms. The Kier molecular flexibility index (Phi) is 7.18. The highest BCUT2D eigenvalue weighted by molar-refractivity contribution is 7.92. The lowest BCUT2D eigenvalue weighted by Gasteiger charge is -2.12. The van der Waals surface area contributed by atoms with Crippen LogP contribution < -0.4 is 14.8 Å². The fourth-order valence-corrected chi connectivity index (χ4v) is 4.31. The van der Waals surface area contributed by atoms with Crippen molar-refractivity contribution >= 4 is 27.2 Å². The number of nitrogens with zero attached hydrogens (tertiary/aromatic N) is 2. The predicted molar refractivity (Wildman–Crippen MR) is 126 cm³/mol. The van der Waals surface area contributed by atoms with Gasteiger partial charge in [-0.1, -0.05) is 18.2 Å². The van der Waals surface area contributed by atoms with Gasteiger partial charge in [0.1, 0.15) is 17.9 Å². The van der Waals surface area contributed by atoms with E-state index in [1.54, 1.807) is 12.1 Å². The van der Waals surface area contributed by atoms with Gasteiger partial charge in [0.25, 0.3) is 10.0 Å². The van der Waals surface area contributed by atoms with Crippen molar-refractivity contribution in [1.29, 1.82) is 0 Å². The number of benzene rings is 3. The normalized spacial score (nSPS) is 12.2. The Hall–Kier alpha value is -4.33. The highest BCUT2D eigenvalue weighted by atomic mass is 32.2. The zero-order valence-corrected chi connectivity index (χ0v) is 19.7. The van der Waals surface area contributed by atoms with Gasteiger partial charge in [-0.25, -0.2) is 18.4 Å². The second kappa shape index (κ2) is 10.2. The number of halogens is 6. The Morgan fingerprint density at radius 2 is 1.45 bits per heavy atom. The molecule has 0 saturated heterocycles. The maximum atomic E-state index is 13.0. The Labute approximate surface area is 212 Å². The van der Waals surface area contributed by atoms with E-state index in [0.29, 0.717) is 11.3 Å². The zero-order chi connectivity index (χ0) is 27.6. The number of hydrogen-bond donors (Lipinski definition) is 2. The topological polar surface area (TPSA) is 93.2 Å². The van der Waals surface area contributed by atoms with Crippen LogP contribution in [0.25, 0.3) is 11.3 Å². The first-order valence-electron chi connectivity index (χ1n) is 10.5. The van der Waals surface area contributed by atoms with Gasteiger partial charge in [-0.05, 0) is 54.6 Å². The first kappa shape index (κ1) is 26.7. The molecular weight excluding hydrogens is 538 g/mol. The molecule has 1 heterocycles. The molecular formula is C24H16F6N4O3S. The zero-order valence-electron chi connectivity index (χ0n) is 18.9. The maximum Gasteiger partial charge on any atom is 0.573 e. The molecule has 0 amide bonds. The minimum absolute atomic E-state index is 0.167. The summed E-state index contributed by atoms with van der Waals surface area (Å²) in [6.45, 7) is 0. The summed E-state index contributed by atoms with van der Waals surface area (Å²) in [4.78, 5) is 7.86. The maximum absolute atomic E-state index is 13.0. The first-order chi connectivity index (χ1) is 17.8. The van der Waals surface area contributed by atoms with Crippen molar-refractivity contribution in [3.8, 4) is 17.0 Å². The Balaban J connectivity index is 1.46. The fraction of sp³-hybridized carbons (Fsp3) is 0.0833. The third-order valence-corrected chi connectivity index (χ3v) is 6.33. The van der Waals surface area contributed by atoms with Crippen LogP contribution in [0.3, 0.4) is 0 Å². The van der Waals surface area contributed by atoms with Crippen molar-refractivity contribution in [2.45, 2.75) is 17.4 Å². The van der Waals surface area contributed by atoms with Gasteiger partial charge < -0.3 is 10.1 Å². The summed E-state index contributed by atoms with van der Waals surface area (Å²) in [5.74, 6) is -0.329. The number of ether oxygens (including phenoxy) is 1. The van der Waals surface area contributed by atoms with Crippen LogP contribution in [-0.4, -0.2) is 24.7 Å². The number of anilines is 3. The number of nitrogens with one attached hydrogen (secondary N) is 2. The van der Waals surface area contributed by atoms with Crippen molar-refractivity contribution < 1.29 is 39.5 Å². The lowest BCUT2D eigenvalue weighted by Crippen LogP contribution is -2.17. The monoisotopic (exact) mass is 554 g/mol. The van der Waals surface area contributed by atoms with Gasteiger partial charge in [-0.3, -0.25) is 4.72 Å². The van der Waals surface area contributed by atoms with Gasteiger partial charge in [-0.15, -0.1) is 13.2 Å². The standard InChI is InChI=1S/C24H16F6N4O3S/c25-23(26,27)16-2-1-3-18(12-16)33-22-13-21(31-14-32-22)15-4-6-17(7-5-15)34-38(35,36)20-10-8-19(9-11-20)37-24(28,29)30/h1-14,34H,(H,31,32,33). The molecule has 198 valence electrons. The largest absolute Gasteiger partial charge is 0.573 e. The number of alkyl halides is 6. The smallest absolute Gasteiger partial charge is 0.406 e. The molecule has 0 aliphatic carbocycles. The van der Waals surface area contributed by atoms with Gasteiger partial charge >= 0.3 is 12.5 Å². The average Bonchev–Trinajstić information content (AvgIpc) is 2.83. The molecule has 2 N–H and O–H groups in total. The van der Waals surface area contributed by atoms with Gasteiger partial charge in [-0.2, -0.15) is 13.2 Å². The van der Waals surface area contributed by atoms with Crippen molar-refractivity contribution in [3.05, 3.63) is 90.8 Å². The van der Waals surface area contributed by atoms with E-state index in [4.69, 9.17) is 0 Å². The molecule has 0 radical (unpaired) electrons. The van der Waals surface area contributed by atoms with Crippen molar-refractivity contribution in [2.24, 2.45) is 0 Å². The van der Waals surface area contributed by atoms with E-state index in [9.17, 15) is 34.8 Å². The summed E-state index contributed by atoms with van der Waals surface area (Å²) in [5.41, 5.74) is 0.480. The SMILES string of the molecule is O=S(=O)(Nc1ccc(-c2cc(Nc3cccc(C(F)(F)F)c3)ncn2)cc1)c1ccc(OC(F)(F)F)cc1. The first-order valence-corrected chi connectivity index (χ1v) is 12.0. The van der Waals surface area contributed by atoms with E-state index < -0.39 is 33.9 Å². The summed E-state index contributed by atoms with van der Waals surface area (Å²) in [6, 6.07) is 15.8. The summed E-state index contributed by atoms with van der Waals surface area (Å²) >= 11 is 0. The van der Waals surface area contributed by atoms with Crippen LogP contribution in [-0.2, 0) is 16.2 Å². The van der Waals surface area contributed by atoms with Crippen molar-refractivity contribution in [3.63, 3.8) is 0 Å². The minimum atomic E-state index is -4.90. The molecule has 3 aromatic carbocycles. The molecule has 4 aromatic rings. The molecule has 0 atom stereocenters. The second-order valence-electron chi connectivity index (χ2n) is 7.69. The predicted octanol–water partition coefficient (Wildman–Crippen LogP) is 6.61. The minimum Gasteiger partial charge on any atom is -0.406 e. The van der Waals surface area contributed by atoms with Crippen LogP contribution in [0.4, 0.5) is 43.5 Å². The van der Waals surface area contributed by atoms with Crippen LogP contribution in [0.1, 0.15) is 5.56 Å². The molecule has 7 nitrogen and oxygen atoms in total. The van der Waals surface area contributed by atoms with Crippen LogP contribution in [0, 0.1) is 0 Å². The lowest BCUT2D eigenvalue weighted by molar-refractivity contribution is -0.274. The third kappa shape index (κ3) is 6.91. The third-order valence-electron chi connectivity index (χ3n) is 4.93. The number of sulfonamides is 1. The van der Waals surface area contributed by atoms with E-state index in [-0.39, 0.29) is 22.1 Å².